The van der Waals surface area contributed by atoms with Gasteiger partial charge in [0.15, 0.2) is 11.7 Å². The van der Waals surface area contributed by atoms with Gasteiger partial charge in [0.05, 0.1) is 20.3 Å². The monoisotopic (exact) mass is 413 g/mol. The van der Waals surface area contributed by atoms with E-state index in [-0.39, 0.29) is 18.8 Å². The summed E-state index contributed by atoms with van der Waals surface area (Å²) in [5.74, 6) is -3.77. The van der Waals surface area contributed by atoms with Crippen LogP contribution in [0.3, 0.4) is 0 Å². The summed E-state index contributed by atoms with van der Waals surface area (Å²) in [4.78, 5) is 49.4. The number of hydrogen-bond acceptors (Lipinski definition) is 7. The Labute approximate surface area is 174 Å². The molecule has 1 amide bonds. The van der Waals surface area contributed by atoms with Crippen LogP contribution in [0.15, 0.2) is 60.7 Å². The van der Waals surface area contributed by atoms with E-state index in [1.54, 1.807) is 54.6 Å². The number of ether oxygens (including phenoxy) is 3. The molecule has 0 fully saturated rings. The molecule has 2 aromatic rings. The number of rotatable bonds is 9. The molecule has 1 N–H and O–H groups in total. The number of ketones is 1. The first-order chi connectivity index (χ1) is 14.5. The molecule has 0 saturated carbocycles. The maximum atomic E-state index is 12.6. The molecule has 2 aromatic carbocycles. The molecule has 0 aliphatic carbocycles. The first-order valence-corrected chi connectivity index (χ1v) is 9.17. The summed E-state index contributed by atoms with van der Waals surface area (Å²) in [7, 11) is 2.20. The molecule has 0 radical (unpaired) electrons. The molecule has 0 aromatic heterocycles. The average Bonchev–Trinajstić information content (AvgIpc) is 2.78. The van der Waals surface area contributed by atoms with Gasteiger partial charge in [0.1, 0.15) is 6.61 Å². The van der Waals surface area contributed by atoms with E-state index in [1.807, 2.05) is 6.07 Å². The maximum absolute atomic E-state index is 12.6. The van der Waals surface area contributed by atoms with E-state index < -0.39 is 30.0 Å². The summed E-state index contributed by atoms with van der Waals surface area (Å²) in [6.07, 6.45) is -1.22. The summed E-state index contributed by atoms with van der Waals surface area (Å²) >= 11 is 0. The van der Waals surface area contributed by atoms with Crippen LogP contribution in [-0.2, 0) is 30.4 Å². The van der Waals surface area contributed by atoms with E-state index in [2.05, 4.69) is 14.8 Å². The SMILES string of the molecule is COC(=O)C(C(=O)OC)C(CC(=O)c1ccccc1)NC(=O)OCc1ccccc1. The summed E-state index contributed by atoms with van der Waals surface area (Å²) in [5, 5.41) is 2.43. The third-order valence-electron chi connectivity index (χ3n) is 4.33. The van der Waals surface area contributed by atoms with Crippen molar-refractivity contribution >= 4 is 23.8 Å². The molecule has 158 valence electrons. The van der Waals surface area contributed by atoms with Crippen LogP contribution in [0.4, 0.5) is 4.79 Å². The molecular formula is C22H23NO7. The molecule has 0 bridgehead atoms. The van der Waals surface area contributed by atoms with E-state index in [0.29, 0.717) is 5.56 Å². The summed E-state index contributed by atoms with van der Waals surface area (Å²) in [6.45, 7) is -0.0207. The largest absolute Gasteiger partial charge is 0.468 e. The highest BCUT2D eigenvalue weighted by Crippen LogP contribution is 2.16. The molecule has 1 unspecified atom stereocenters. The van der Waals surface area contributed by atoms with Gasteiger partial charge in [-0.15, -0.1) is 0 Å². The first-order valence-electron chi connectivity index (χ1n) is 9.17. The Morgan fingerprint density at radius 3 is 1.90 bits per heavy atom. The van der Waals surface area contributed by atoms with E-state index >= 15 is 0 Å². The van der Waals surface area contributed by atoms with Crippen molar-refractivity contribution in [1.29, 1.82) is 0 Å². The van der Waals surface area contributed by atoms with Crippen LogP contribution in [0.5, 0.6) is 0 Å². The number of amides is 1. The summed E-state index contributed by atoms with van der Waals surface area (Å²) in [5.41, 5.74) is 1.12. The van der Waals surface area contributed by atoms with Crippen LogP contribution in [0.25, 0.3) is 0 Å². The Morgan fingerprint density at radius 1 is 0.833 bits per heavy atom. The van der Waals surface area contributed by atoms with Crippen molar-refractivity contribution < 1.29 is 33.4 Å². The van der Waals surface area contributed by atoms with Gasteiger partial charge >= 0.3 is 18.0 Å². The molecular weight excluding hydrogens is 390 g/mol. The zero-order valence-electron chi connectivity index (χ0n) is 16.7. The topological polar surface area (TPSA) is 108 Å². The van der Waals surface area contributed by atoms with Gasteiger partial charge in [-0.25, -0.2) is 4.79 Å². The highest BCUT2D eigenvalue weighted by molar-refractivity contribution is 6.00. The minimum absolute atomic E-state index is 0.0207. The summed E-state index contributed by atoms with van der Waals surface area (Å²) in [6, 6.07) is 16.0. The normalized spacial score (nSPS) is 11.3. The van der Waals surface area contributed by atoms with Gasteiger partial charge < -0.3 is 19.5 Å². The van der Waals surface area contributed by atoms with Crippen LogP contribution >= 0.6 is 0 Å². The molecule has 0 spiro atoms. The number of carbonyl (C=O) groups is 4. The highest BCUT2D eigenvalue weighted by Gasteiger charge is 2.39. The van der Waals surface area contributed by atoms with Gasteiger partial charge in [0.25, 0.3) is 0 Å². The van der Waals surface area contributed by atoms with E-state index in [0.717, 1.165) is 19.8 Å². The molecule has 0 aliphatic heterocycles. The second-order valence-electron chi connectivity index (χ2n) is 6.33. The maximum Gasteiger partial charge on any atom is 0.407 e. The van der Waals surface area contributed by atoms with Crippen molar-refractivity contribution in [2.75, 3.05) is 14.2 Å². The van der Waals surface area contributed by atoms with Crippen LogP contribution in [-0.4, -0.2) is 44.1 Å². The smallest absolute Gasteiger partial charge is 0.407 e. The van der Waals surface area contributed by atoms with Crippen molar-refractivity contribution in [3.05, 3.63) is 71.8 Å². The molecule has 1 atom stereocenters. The average molecular weight is 413 g/mol. The van der Waals surface area contributed by atoms with Crippen molar-refractivity contribution in [3.8, 4) is 0 Å². The minimum atomic E-state index is -1.53. The molecule has 0 heterocycles. The molecule has 0 saturated heterocycles. The predicted octanol–water partition coefficient (Wildman–Crippen LogP) is 2.52. The predicted molar refractivity (Wildman–Crippen MR) is 106 cm³/mol. The Morgan fingerprint density at radius 2 is 1.37 bits per heavy atom. The van der Waals surface area contributed by atoms with E-state index in [9.17, 15) is 19.2 Å². The molecule has 0 aliphatic rings. The number of alkyl carbamates (subject to hydrolysis) is 1. The standard InChI is InChI=1S/C22H23NO7/c1-28-20(25)19(21(26)29-2)17(13-18(24)16-11-7-4-8-12-16)23-22(27)30-14-15-9-5-3-6-10-15/h3-12,17,19H,13-14H2,1-2H3,(H,23,27). The Hall–Kier alpha value is -3.68. The second-order valence-corrected chi connectivity index (χ2v) is 6.33. The second kappa shape index (κ2) is 11.4. The van der Waals surface area contributed by atoms with Crippen LogP contribution < -0.4 is 5.32 Å². The lowest BCUT2D eigenvalue weighted by Gasteiger charge is -2.23. The zero-order valence-corrected chi connectivity index (χ0v) is 16.7. The lowest BCUT2D eigenvalue weighted by molar-refractivity contribution is -0.160. The minimum Gasteiger partial charge on any atom is -0.468 e. The van der Waals surface area contributed by atoms with Crippen LogP contribution in [0.1, 0.15) is 22.3 Å². The fourth-order valence-electron chi connectivity index (χ4n) is 2.79. The Balaban J connectivity index is 2.18. The fraction of sp³-hybridized carbons (Fsp3) is 0.273. The van der Waals surface area contributed by atoms with Crippen molar-refractivity contribution in [1.82, 2.24) is 5.32 Å². The van der Waals surface area contributed by atoms with Gasteiger partial charge in [0.2, 0.25) is 0 Å². The van der Waals surface area contributed by atoms with Crippen molar-refractivity contribution in [3.63, 3.8) is 0 Å². The van der Waals surface area contributed by atoms with Gasteiger partial charge in [-0.2, -0.15) is 0 Å². The van der Waals surface area contributed by atoms with E-state index in [1.165, 1.54) is 0 Å². The van der Waals surface area contributed by atoms with Crippen molar-refractivity contribution in [2.45, 2.75) is 19.1 Å². The fourth-order valence-corrected chi connectivity index (χ4v) is 2.79. The van der Waals surface area contributed by atoms with Crippen LogP contribution in [0.2, 0.25) is 0 Å². The van der Waals surface area contributed by atoms with Gasteiger partial charge in [-0.3, -0.25) is 14.4 Å². The lowest BCUT2D eigenvalue weighted by atomic mass is 9.93. The van der Waals surface area contributed by atoms with E-state index in [4.69, 9.17) is 4.74 Å². The molecule has 8 heteroatoms. The quantitative estimate of drug-likeness (QED) is 0.291. The van der Waals surface area contributed by atoms with Gasteiger partial charge in [-0.05, 0) is 5.56 Å². The number of nitrogens with one attached hydrogen (secondary N) is 1. The number of esters is 2. The lowest BCUT2D eigenvalue weighted by Crippen LogP contribution is -2.48. The van der Waals surface area contributed by atoms with Gasteiger partial charge in [0, 0.05) is 12.0 Å². The van der Waals surface area contributed by atoms with Gasteiger partial charge in [-0.1, -0.05) is 60.7 Å². The van der Waals surface area contributed by atoms with Crippen molar-refractivity contribution in [2.24, 2.45) is 5.92 Å². The number of hydrogen-bond donors (Lipinski definition) is 1. The first kappa shape index (κ1) is 22.6. The number of methoxy groups -OCH3 is 2. The molecule has 8 nitrogen and oxygen atoms in total. The number of Topliss-reactive ketones (excluding diaryl/α,β-unsaturated/α-hetero) is 1. The Bertz CT molecular complexity index is 852. The molecule has 2 rings (SSSR count). The van der Waals surface area contributed by atoms with Crippen LogP contribution in [0, 0.1) is 5.92 Å². The highest BCUT2D eigenvalue weighted by atomic mass is 16.6. The third-order valence-corrected chi connectivity index (χ3v) is 4.33. The summed E-state index contributed by atoms with van der Waals surface area (Å²) < 4.78 is 14.5. The Kier molecular flexibility index (Phi) is 8.56. The number of benzene rings is 2. The zero-order chi connectivity index (χ0) is 21.9. The molecule has 30 heavy (non-hydrogen) atoms. The third kappa shape index (κ3) is 6.44. The number of carbonyl (C=O) groups excluding carboxylic acids is 4.